The van der Waals surface area contributed by atoms with Crippen LogP contribution in [0.15, 0.2) is 35.2 Å². The number of sulfonamides is 1. The van der Waals surface area contributed by atoms with Crippen LogP contribution >= 0.6 is 0 Å². The summed E-state index contributed by atoms with van der Waals surface area (Å²) in [6.07, 6.45) is 5.88. The zero-order chi connectivity index (χ0) is 13.0. The molecule has 0 aromatic heterocycles. The molecule has 1 aliphatic heterocycles. The van der Waals surface area contributed by atoms with Crippen molar-refractivity contribution in [1.29, 1.82) is 0 Å². The highest BCUT2D eigenvalue weighted by molar-refractivity contribution is 7.89. The van der Waals surface area contributed by atoms with Gasteiger partial charge in [-0.25, -0.2) is 13.6 Å². The summed E-state index contributed by atoms with van der Waals surface area (Å²) in [6, 6.07) is 8.91. The Balaban J connectivity index is 0.000000136. The molecule has 2 aliphatic rings. The maximum Gasteiger partial charge on any atom is 0.238 e. The van der Waals surface area contributed by atoms with Crippen molar-refractivity contribution in [3.8, 4) is 0 Å². The molecular formula is C13H20N2O2S. The van der Waals surface area contributed by atoms with E-state index in [4.69, 9.17) is 5.14 Å². The van der Waals surface area contributed by atoms with Crippen molar-refractivity contribution in [2.24, 2.45) is 5.14 Å². The van der Waals surface area contributed by atoms with E-state index in [1.165, 1.54) is 50.9 Å². The maximum absolute atomic E-state index is 10.6. The van der Waals surface area contributed by atoms with E-state index in [1.54, 1.807) is 18.2 Å². The minimum Gasteiger partial charge on any atom is -0.300 e. The van der Waals surface area contributed by atoms with Gasteiger partial charge in [-0.05, 0) is 50.9 Å². The Morgan fingerprint density at radius 1 is 1.06 bits per heavy atom. The van der Waals surface area contributed by atoms with Crippen molar-refractivity contribution in [3.05, 3.63) is 30.3 Å². The van der Waals surface area contributed by atoms with Crippen molar-refractivity contribution in [1.82, 2.24) is 4.90 Å². The molecule has 0 unspecified atom stereocenters. The Hall–Kier alpha value is -0.910. The number of primary sulfonamides is 1. The van der Waals surface area contributed by atoms with Crippen molar-refractivity contribution in [2.75, 3.05) is 13.1 Å². The van der Waals surface area contributed by atoms with E-state index < -0.39 is 10.0 Å². The highest BCUT2D eigenvalue weighted by atomic mass is 32.2. The number of nitrogens with zero attached hydrogens (tertiary/aromatic N) is 1. The van der Waals surface area contributed by atoms with Gasteiger partial charge < -0.3 is 4.90 Å². The van der Waals surface area contributed by atoms with Gasteiger partial charge in [0.15, 0.2) is 0 Å². The number of benzene rings is 1. The molecule has 0 amide bonds. The van der Waals surface area contributed by atoms with Crippen molar-refractivity contribution in [3.63, 3.8) is 0 Å². The number of nitrogens with two attached hydrogens (primary N) is 1. The molecule has 2 fully saturated rings. The van der Waals surface area contributed by atoms with Gasteiger partial charge >= 0.3 is 0 Å². The number of hydrogen-bond acceptors (Lipinski definition) is 3. The number of hydrogen-bond donors (Lipinski definition) is 1. The second kappa shape index (κ2) is 5.82. The first kappa shape index (κ1) is 13.5. The standard InChI is InChI=1S/C7H13N.C6H7NO2S/c1-2-6-8(5-1)7-3-4-7;7-10(8,9)6-4-2-1-3-5-6/h7H,1-6H2;1-5H,(H2,7,8,9). The van der Waals surface area contributed by atoms with Gasteiger partial charge in [0.05, 0.1) is 4.90 Å². The molecule has 0 spiro atoms. The van der Waals surface area contributed by atoms with Gasteiger partial charge in [-0.15, -0.1) is 0 Å². The molecule has 100 valence electrons. The quantitative estimate of drug-likeness (QED) is 0.885. The van der Waals surface area contributed by atoms with Gasteiger partial charge in [0.25, 0.3) is 0 Å². The Morgan fingerprint density at radius 2 is 1.61 bits per heavy atom. The van der Waals surface area contributed by atoms with Gasteiger partial charge in [-0.3, -0.25) is 0 Å². The topological polar surface area (TPSA) is 63.4 Å². The molecule has 1 aliphatic carbocycles. The molecule has 4 nitrogen and oxygen atoms in total. The summed E-state index contributed by atoms with van der Waals surface area (Å²) < 4.78 is 21.2. The lowest BCUT2D eigenvalue weighted by Crippen LogP contribution is -2.20. The van der Waals surface area contributed by atoms with Gasteiger partial charge in [0.2, 0.25) is 10.0 Å². The molecule has 1 aromatic rings. The first-order valence-corrected chi connectivity index (χ1v) is 7.94. The van der Waals surface area contributed by atoms with Gasteiger partial charge in [0, 0.05) is 6.04 Å². The highest BCUT2D eigenvalue weighted by Crippen LogP contribution is 2.29. The summed E-state index contributed by atoms with van der Waals surface area (Å²) in [5.41, 5.74) is 0. The summed E-state index contributed by atoms with van der Waals surface area (Å²) in [5, 5.41) is 4.83. The zero-order valence-corrected chi connectivity index (χ0v) is 11.3. The first-order valence-electron chi connectivity index (χ1n) is 6.39. The number of likely N-dealkylation sites (tertiary alicyclic amines) is 1. The molecular weight excluding hydrogens is 248 g/mol. The molecule has 0 atom stereocenters. The average Bonchev–Trinajstić information content (AvgIpc) is 3.06. The normalized spacial score (nSPS) is 20.3. The van der Waals surface area contributed by atoms with Crippen LogP contribution in [0.3, 0.4) is 0 Å². The van der Waals surface area contributed by atoms with Crippen LogP contribution in [0.2, 0.25) is 0 Å². The Kier molecular flexibility index (Phi) is 4.37. The fourth-order valence-corrected chi connectivity index (χ4v) is 2.69. The monoisotopic (exact) mass is 268 g/mol. The van der Waals surface area contributed by atoms with E-state index in [-0.39, 0.29) is 4.90 Å². The first-order chi connectivity index (χ1) is 8.57. The van der Waals surface area contributed by atoms with Crippen molar-refractivity contribution >= 4 is 10.0 Å². The average molecular weight is 268 g/mol. The highest BCUT2D eigenvalue weighted by Gasteiger charge is 2.29. The largest absolute Gasteiger partial charge is 0.300 e. The maximum atomic E-state index is 10.6. The van der Waals surface area contributed by atoms with E-state index >= 15 is 0 Å². The SMILES string of the molecule is C1CCN(C2CC2)C1.NS(=O)(=O)c1ccccc1. The fourth-order valence-electron chi connectivity index (χ4n) is 2.16. The molecule has 5 heteroatoms. The second-order valence-electron chi connectivity index (χ2n) is 4.83. The van der Waals surface area contributed by atoms with Gasteiger partial charge in [0.1, 0.15) is 0 Å². The van der Waals surface area contributed by atoms with Crippen LogP contribution in [0.4, 0.5) is 0 Å². The van der Waals surface area contributed by atoms with Crippen LogP contribution in [0, 0.1) is 0 Å². The molecule has 1 heterocycles. The second-order valence-corrected chi connectivity index (χ2v) is 6.39. The summed E-state index contributed by atoms with van der Waals surface area (Å²) in [5.74, 6) is 0. The summed E-state index contributed by atoms with van der Waals surface area (Å²) >= 11 is 0. The lowest BCUT2D eigenvalue weighted by atomic mass is 10.4. The van der Waals surface area contributed by atoms with Crippen LogP contribution in [-0.2, 0) is 10.0 Å². The lowest BCUT2D eigenvalue weighted by molar-refractivity contribution is 0.328. The minimum atomic E-state index is -3.50. The molecule has 1 saturated carbocycles. The fraction of sp³-hybridized carbons (Fsp3) is 0.538. The molecule has 0 bridgehead atoms. The Labute approximate surface area is 109 Å². The van der Waals surface area contributed by atoms with Gasteiger partial charge in [-0.1, -0.05) is 18.2 Å². The Morgan fingerprint density at radius 3 is 2.00 bits per heavy atom. The summed E-state index contributed by atoms with van der Waals surface area (Å²) in [4.78, 5) is 2.79. The minimum absolute atomic E-state index is 0.148. The van der Waals surface area contributed by atoms with E-state index in [0.717, 1.165) is 6.04 Å². The molecule has 18 heavy (non-hydrogen) atoms. The smallest absolute Gasteiger partial charge is 0.238 e. The van der Waals surface area contributed by atoms with Crippen LogP contribution in [-0.4, -0.2) is 32.4 Å². The van der Waals surface area contributed by atoms with E-state index in [9.17, 15) is 8.42 Å². The lowest BCUT2D eigenvalue weighted by Gasteiger charge is -2.11. The van der Waals surface area contributed by atoms with Crippen molar-refractivity contribution < 1.29 is 8.42 Å². The molecule has 3 rings (SSSR count). The predicted molar refractivity (Wildman–Crippen MR) is 71.6 cm³/mol. The summed E-state index contributed by atoms with van der Waals surface area (Å²) in [6.45, 7) is 2.79. The molecule has 2 N–H and O–H groups in total. The third kappa shape index (κ3) is 4.08. The summed E-state index contributed by atoms with van der Waals surface area (Å²) in [7, 11) is -3.50. The van der Waals surface area contributed by atoms with Crippen LogP contribution in [0.5, 0.6) is 0 Å². The third-order valence-electron chi connectivity index (χ3n) is 3.28. The van der Waals surface area contributed by atoms with Crippen LogP contribution in [0.1, 0.15) is 25.7 Å². The van der Waals surface area contributed by atoms with E-state index in [2.05, 4.69) is 4.90 Å². The number of rotatable bonds is 2. The van der Waals surface area contributed by atoms with Gasteiger partial charge in [-0.2, -0.15) is 0 Å². The van der Waals surface area contributed by atoms with Crippen molar-refractivity contribution in [2.45, 2.75) is 36.6 Å². The van der Waals surface area contributed by atoms with E-state index in [0.29, 0.717) is 0 Å². The third-order valence-corrected chi connectivity index (χ3v) is 4.20. The molecule has 1 aromatic carbocycles. The van der Waals surface area contributed by atoms with E-state index in [1.807, 2.05) is 0 Å². The molecule has 1 saturated heterocycles. The molecule has 0 radical (unpaired) electrons. The zero-order valence-electron chi connectivity index (χ0n) is 10.5. The predicted octanol–water partition coefficient (Wildman–Crippen LogP) is 1.58. The van der Waals surface area contributed by atoms with Crippen LogP contribution < -0.4 is 5.14 Å². The van der Waals surface area contributed by atoms with Crippen LogP contribution in [0.25, 0.3) is 0 Å². The Bertz CT molecular complexity index is 463.